The van der Waals surface area contributed by atoms with Crippen LogP contribution in [0.1, 0.15) is 24.1 Å². The SMILES string of the molecule is COc1ccc(-c2ccc(CNC(=O)CC3CCOCC3)s2)cc1. The molecule has 24 heavy (non-hydrogen) atoms. The maximum absolute atomic E-state index is 12.1. The number of rotatable bonds is 6. The van der Waals surface area contributed by atoms with Crippen molar-refractivity contribution in [3.05, 3.63) is 41.3 Å². The van der Waals surface area contributed by atoms with Crippen molar-refractivity contribution in [3.63, 3.8) is 0 Å². The highest BCUT2D eigenvalue weighted by Gasteiger charge is 2.17. The molecule has 2 heterocycles. The number of hydrogen-bond donors (Lipinski definition) is 1. The molecule has 1 aliphatic rings. The molecule has 0 saturated carbocycles. The number of ether oxygens (including phenoxy) is 2. The van der Waals surface area contributed by atoms with Gasteiger partial charge in [0.15, 0.2) is 0 Å². The van der Waals surface area contributed by atoms with Gasteiger partial charge in [0.2, 0.25) is 5.91 Å². The average molecular weight is 345 g/mol. The molecule has 1 N–H and O–H groups in total. The molecule has 0 spiro atoms. The average Bonchev–Trinajstić information content (AvgIpc) is 3.10. The van der Waals surface area contributed by atoms with Crippen molar-refractivity contribution < 1.29 is 14.3 Å². The summed E-state index contributed by atoms with van der Waals surface area (Å²) in [5.74, 6) is 1.47. The maximum atomic E-state index is 12.1. The summed E-state index contributed by atoms with van der Waals surface area (Å²) in [7, 11) is 1.67. The Hall–Kier alpha value is -1.85. The lowest BCUT2D eigenvalue weighted by molar-refractivity contribution is -0.122. The van der Waals surface area contributed by atoms with E-state index in [1.807, 2.05) is 12.1 Å². The summed E-state index contributed by atoms with van der Waals surface area (Å²) < 4.78 is 10.5. The zero-order valence-corrected chi connectivity index (χ0v) is 14.7. The Morgan fingerprint density at radius 1 is 1.21 bits per heavy atom. The minimum atomic E-state index is 0.140. The van der Waals surface area contributed by atoms with E-state index in [1.165, 1.54) is 15.3 Å². The molecule has 0 atom stereocenters. The Labute approximate surface area is 146 Å². The van der Waals surface area contributed by atoms with Crippen LogP contribution in [0.25, 0.3) is 10.4 Å². The van der Waals surface area contributed by atoms with E-state index < -0.39 is 0 Å². The summed E-state index contributed by atoms with van der Waals surface area (Å²) in [4.78, 5) is 14.4. The smallest absolute Gasteiger partial charge is 0.220 e. The molecule has 1 aromatic heterocycles. The van der Waals surface area contributed by atoms with Crippen LogP contribution in [0.4, 0.5) is 0 Å². The fraction of sp³-hybridized carbons (Fsp3) is 0.421. The summed E-state index contributed by atoms with van der Waals surface area (Å²) in [6.07, 6.45) is 2.60. The normalized spacial score (nSPS) is 15.2. The zero-order chi connectivity index (χ0) is 16.8. The summed E-state index contributed by atoms with van der Waals surface area (Å²) in [6.45, 7) is 2.17. The van der Waals surface area contributed by atoms with Crippen LogP contribution in [-0.4, -0.2) is 26.2 Å². The van der Waals surface area contributed by atoms with Crippen LogP contribution in [-0.2, 0) is 16.1 Å². The number of methoxy groups -OCH3 is 1. The Balaban J connectivity index is 1.50. The number of benzene rings is 1. The van der Waals surface area contributed by atoms with Crippen molar-refractivity contribution in [2.24, 2.45) is 5.92 Å². The summed E-state index contributed by atoms with van der Waals surface area (Å²) in [5.41, 5.74) is 1.17. The van der Waals surface area contributed by atoms with E-state index >= 15 is 0 Å². The molecule has 5 heteroatoms. The Morgan fingerprint density at radius 3 is 2.67 bits per heavy atom. The highest BCUT2D eigenvalue weighted by molar-refractivity contribution is 7.15. The molecule has 1 aromatic carbocycles. The van der Waals surface area contributed by atoms with Crippen molar-refractivity contribution in [2.75, 3.05) is 20.3 Å². The van der Waals surface area contributed by atoms with Crippen LogP contribution in [0.3, 0.4) is 0 Å². The molecule has 1 saturated heterocycles. The molecule has 0 radical (unpaired) electrons. The second-order valence-electron chi connectivity index (χ2n) is 6.03. The molecule has 3 rings (SSSR count). The van der Waals surface area contributed by atoms with Gasteiger partial charge in [-0.1, -0.05) is 0 Å². The van der Waals surface area contributed by atoms with Crippen molar-refractivity contribution >= 4 is 17.2 Å². The highest BCUT2D eigenvalue weighted by Crippen LogP contribution is 2.29. The number of hydrogen-bond acceptors (Lipinski definition) is 4. The van der Waals surface area contributed by atoms with Gasteiger partial charge in [-0.05, 0) is 60.7 Å². The molecule has 0 unspecified atom stereocenters. The lowest BCUT2D eigenvalue weighted by Gasteiger charge is -2.21. The summed E-state index contributed by atoms with van der Waals surface area (Å²) >= 11 is 1.71. The number of carbonyl (C=O) groups is 1. The van der Waals surface area contributed by atoms with Gasteiger partial charge in [-0.25, -0.2) is 0 Å². The van der Waals surface area contributed by atoms with Gasteiger partial charge in [0.1, 0.15) is 5.75 Å². The molecular formula is C19H23NO3S. The topological polar surface area (TPSA) is 47.6 Å². The minimum Gasteiger partial charge on any atom is -0.497 e. The number of carbonyl (C=O) groups excluding carboxylic acids is 1. The standard InChI is InChI=1S/C19H23NO3S/c1-22-16-4-2-15(3-5-16)18-7-6-17(24-18)13-20-19(21)12-14-8-10-23-11-9-14/h2-7,14H,8-13H2,1H3,(H,20,21). The van der Waals surface area contributed by atoms with Crippen molar-refractivity contribution in [3.8, 4) is 16.2 Å². The highest BCUT2D eigenvalue weighted by atomic mass is 32.1. The maximum Gasteiger partial charge on any atom is 0.220 e. The van der Waals surface area contributed by atoms with Crippen molar-refractivity contribution in [1.82, 2.24) is 5.32 Å². The van der Waals surface area contributed by atoms with E-state index in [1.54, 1.807) is 18.4 Å². The molecule has 0 aliphatic carbocycles. The van der Waals surface area contributed by atoms with Crippen LogP contribution in [0.15, 0.2) is 36.4 Å². The quantitative estimate of drug-likeness (QED) is 0.865. The van der Waals surface area contributed by atoms with E-state index in [9.17, 15) is 4.79 Å². The van der Waals surface area contributed by atoms with Crippen molar-refractivity contribution in [1.29, 1.82) is 0 Å². The fourth-order valence-electron chi connectivity index (χ4n) is 2.85. The molecule has 1 amide bonds. The zero-order valence-electron chi connectivity index (χ0n) is 13.9. The first kappa shape index (κ1) is 17.0. The Bertz CT molecular complexity index is 660. The lowest BCUT2D eigenvalue weighted by atomic mass is 9.96. The minimum absolute atomic E-state index is 0.140. The van der Waals surface area contributed by atoms with E-state index in [-0.39, 0.29) is 5.91 Å². The first-order valence-corrected chi connectivity index (χ1v) is 9.14. The van der Waals surface area contributed by atoms with E-state index in [0.29, 0.717) is 18.9 Å². The van der Waals surface area contributed by atoms with E-state index in [2.05, 4.69) is 29.6 Å². The van der Waals surface area contributed by atoms with E-state index in [4.69, 9.17) is 9.47 Å². The second kappa shape index (κ2) is 8.31. The van der Waals surface area contributed by atoms with Gasteiger partial charge in [0.25, 0.3) is 0 Å². The van der Waals surface area contributed by atoms with Gasteiger partial charge >= 0.3 is 0 Å². The van der Waals surface area contributed by atoms with Crippen molar-refractivity contribution in [2.45, 2.75) is 25.8 Å². The number of amides is 1. The Kier molecular flexibility index (Phi) is 5.88. The largest absolute Gasteiger partial charge is 0.497 e. The predicted octanol–water partition coefficient (Wildman–Crippen LogP) is 3.86. The molecule has 4 nitrogen and oxygen atoms in total. The third-order valence-corrected chi connectivity index (χ3v) is 5.45. The van der Waals surface area contributed by atoms with Gasteiger partial charge in [-0.2, -0.15) is 0 Å². The van der Waals surface area contributed by atoms with Gasteiger partial charge in [-0.3, -0.25) is 4.79 Å². The number of thiophene rings is 1. The third kappa shape index (κ3) is 4.58. The van der Waals surface area contributed by atoms with Crippen LogP contribution in [0.5, 0.6) is 5.75 Å². The molecule has 1 aliphatic heterocycles. The van der Waals surface area contributed by atoms with Crippen LogP contribution < -0.4 is 10.1 Å². The summed E-state index contributed by atoms with van der Waals surface area (Å²) in [6, 6.07) is 12.2. The van der Waals surface area contributed by atoms with Gasteiger partial charge in [-0.15, -0.1) is 11.3 Å². The molecule has 2 aromatic rings. The van der Waals surface area contributed by atoms with Crippen LogP contribution in [0, 0.1) is 5.92 Å². The third-order valence-electron chi connectivity index (χ3n) is 4.31. The first-order chi connectivity index (χ1) is 11.7. The van der Waals surface area contributed by atoms with Gasteiger partial charge in [0.05, 0.1) is 13.7 Å². The van der Waals surface area contributed by atoms with Crippen LogP contribution >= 0.6 is 11.3 Å². The van der Waals surface area contributed by atoms with Gasteiger partial charge < -0.3 is 14.8 Å². The van der Waals surface area contributed by atoms with Gasteiger partial charge in [0, 0.05) is 29.4 Å². The molecule has 0 bridgehead atoms. The fourth-order valence-corrected chi connectivity index (χ4v) is 3.81. The number of nitrogens with one attached hydrogen (secondary N) is 1. The van der Waals surface area contributed by atoms with Crippen LogP contribution in [0.2, 0.25) is 0 Å². The molecular weight excluding hydrogens is 322 g/mol. The predicted molar refractivity (Wildman–Crippen MR) is 96.3 cm³/mol. The molecule has 128 valence electrons. The monoisotopic (exact) mass is 345 g/mol. The molecule has 1 fully saturated rings. The lowest BCUT2D eigenvalue weighted by Crippen LogP contribution is -2.27. The second-order valence-corrected chi connectivity index (χ2v) is 7.20. The summed E-state index contributed by atoms with van der Waals surface area (Å²) in [5, 5.41) is 3.04. The van der Waals surface area contributed by atoms with E-state index in [0.717, 1.165) is 31.8 Å². The Morgan fingerprint density at radius 2 is 1.96 bits per heavy atom. The first-order valence-electron chi connectivity index (χ1n) is 8.32.